The summed E-state index contributed by atoms with van der Waals surface area (Å²) < 4.78 is 16.1. The average molecular weight is 487 g/mol. The van der Waals surface area contributed by atoms with Crippen LogP contribution in [-0.2, 0) is 16.0 Å². The fraction of sp³-hybridized carbons (Fsp3) is 0.524. The maximum absolute atomic E-state index is 12.3. The third-order valence-electron chi connectivity index (χ3n) is 5.21. The SMILES string of the molecule is CN(C)CCNC(=O)Cc1cc(=O)oc2cc(O[C@@H]3OC(CO)[C@@H](O)C(O)C3O)c(Cl)cc12. The summed E-state index contributed by atoms with van der Waals surface area (Å²) in [6.07, 6.45) is -7.51. The van der Waals surface area contributed by atoms with Crippen molar-refractivity contribution in [1.82, 2.24) is 10.2 Å². The Balaban J connectivity index is 1.84. The molecule has 33 heavy (non-hydrogen) atoms. The third kappa shape index (κ3) is 6.01. The molecule has 0 bridgehead atoms. The van der Waals surface area contributed by atoms with Crippen LogP contribution in [0.5, 0.6) is 5.75 Å². The van der Waals surface area contributed by atoms with Gasteiger partial charge < -0.3 is 44.5 Å². The van der Waals surface area contributed by atoms with Gasteiger partial charge in [0.2, 0.25) is 12.2 Å². The van der Waals surface area contributed by atoms with Crippen molar-refractivity contribution >= 4 is 28.5 Å². The number of ether oxygens (including phenoxy) is 2. The number of amides is 1. The Hall–Kier alpha value is -2.25. The topological polar surface area (TPSA) is 162 Å². The van der Waals surface area contributed by atoms with Crippen molar-refractivity contribution in [2.75, 3.05) is 33.8 Å². The zero-order chi connectivity index (χ0) is 24.3. The lowest BCUT2D eigenvalue weighted by Gasteiger charge is -2.39. The predicted molar refractivity (Wildman–Crippen MR) is 117 cm³/mol. The Morgan fingerprint density at radius 3 is 2.58 bits per heavy atom. The van der Waals surface area contributed by atoms with Crippen molar-refractivity contribution < 1.29 is 39.1 Å². The average Bonchev–Trinajstić information content (AvgIpc) is 2.74. The smallest absolute Gasteiger partial charge is 0.336 e. The number of nitrogens with zero attached hydrogens (tertiary/aromatic N) is 1. The second-order valence-electron chi connectivity index (χ2n) is 8.01. The Labute approximate surface area is 194 Å². The molecular weight excluding hydrogens is 460 g/mol. The molecule has 1 aliphatic rings. The van der Waals surface area contributed by atoms with Crippen molar-refractivity contribution in [2.24, 2.45) is 0 Å². The molecule has 2 aromatic rings. The first-order valence-electron chi connectivity index (χ1n) is 10.3. The van der Waals surface area contributed by atoms with Gasteiger partial charge in [0.05, 0.1) is 18.1 Å². The molecule has 1 fully saturated rings. The second kappa shape index (κ2) is 10.8. The molecule has 3 rings (SSSR count). The van der Waals surface area contributed by atoms with Crippen LogP contribution in [0.1, 0.15) is 5.56 Å². The predicted octanol–water partition coefficient (Wildman–Crippen LogP) is -1.15. The van der Waals surface area contributed by atoms with Crippen LogP contribution < -0.4 is 15.7 Å². The minimum atomic E-state index is -1.64. The Kier molecular flexibility index (Phi) is 8.29. The van der Waals surface area contributed by atoms with Gasteiger partial charge in [0.25, 0.3) is 0 Å². The summed E-state index contributed by atoms with van der Waals surface area (Å²) in [5, 5.41) is 42.6. The zero-order valence-electron chi connectivity index (χ0n) is 18.1. The molecule has 0 saturated carbocycles. The molecule has 1 saturated heterocycles. The summed E-state index contributed by atoms with van der Waals surface area (Å²) >= 11 is 6.32. The molecule has 0 aliphatic carbocycles. The highest BCUT2D eigenvalue weighted by atomic mass is 35.5. The van der Waals surface area contributed by atoms with E-state index >= 15 is 0 Å². The van der Waals surface area contributed by atoms with E-state index in [2.05, 4.69) is 5.32 Å². The lowest BCUT2D eigenvalue weighted by molar-refractivity contribution is -0.277. The summed E-state index contributed by atoms with van der Waals surface area (Å²) in [5.74, 6) is -0.314. The van der Waals surface area contributed by atoms with E-state index in [1.54, 1.807) is 0 Å². The number of carbonyl (C=O) groups is 1. The molecule has 182 valence electrons. The van der Waals surface area contributed by atoms with Crippen molar-refractivity contribution in [3.63, 3.8) is 0 Å². The number of benzene rings is 1. The fourth-order valence-corrected chi connectivity index (χ4v) is 3.62. The molecule has 0 radical (unpaired) electrons. The number of halogens is 1. The van der Waals surface area contributed by atoms with Crippen LogP contribution in [0, 0.1) is 0 Å². The van der Waals surface area contributed by atoms with Gasteiger partial charge in [-0.25, -0.2) is 4.79 Å². The molecule has 5 N–H and O–H groups in total. The van der Waals surface area contributed by atoms with E-state index in [-0.39, 0.29) is 28.7 Å². The number of fused-ring (bicyclic) bond motifs is 1. The van der Waals surface area contributed by atoms with Gasteiger partial charge in [0.15, 0.2) is 0 Å². The molecule has 1 aromatic heterocycles. The minimum absolute atomic E-state index is 0.0377. The van der Waals surface area contributed by atoms with Gasteiger partial charge in [-0.3, -0.25) is 4.79 Å². The van der Waals surface area contributed by atoms with Gasteiger partial charge in [-0.2, -0.15) is 0 Å². The van der Waals surface area contributed by atoms with Crippen LogP contribution in [-0.4, -0.2) is 95.7 Å². The highest BCUT2D eigenvalue weighted by Crippen LogP contribution is 2.34. The molecule has 12 heteroatoms. The van der Waals surface area contributed by atoms with Crippen molar-refractivity contribution in [3.05, 3.63) is 39.2 Å². The summed E-state index contributed by atoms with van der Waals surface area (Å²) in [6.45, 7) is 0.488. The van der Waals surface area contributed by atoms with Crippen molar-refractivity contribution in [2.45, 2.75) is 37.1 Å². The molecule has 1 amide bonds. The van der Waals surface area contributed by atoms with E-state index in [4.69, 9.17) is 25.5 Å². The Morgan fingerprint density at radius 1 is 1.18 bits per heavy atom. The van der Waals surface area contributed by atoms with E-state index in [0.717, 1.165) is 0 Å². The van der Waals surface area contributed by atoms with E-state index in [0.29, 0.717) is 24.0 Å². The maximum Gasteiger partial charge on any atom is 0.336 e. The Bertz CT molecular complexity index is 1040. The van der Waals surface area contributed by atoms with Gasteiger partial charge >= 0.3 is 5.63 Å². The van der Waals surface area contributed by atoms with Crippen LogP contribution >= 0.6 is 11.6 Å². The minimum Gasteiger partial charge on any atom is -0.460 e. The van der Waals surface area contributed by atoms with Crippen molar-refractivity contribution in [1.29, 1.82) is 0 Å². The number of rotatable bonds is 8. The highest BCUT2D eigenvalue weighted by Gasteiger charge is 2.44. The fourth-order valence-electron chi connectivity index (χ4n) is 3.41. The van der Waals surface area contributed by atoms with Crippen LogP contribution in [0.15, 0.2) is 27.4 Å². The maximum atomic E-state index is 12.3. The summed E-state index contributed by atoms with van der Waals surface area (Å²) in [5.41, 5.74) is -0.188. The van der Waals surface area contributed by atoms with Gasteiger partial charge in [-0.15, -0.1) is 0 Å². The van der Waals surface area contributed by atoms with Crippen molar-refractivity contribution in [3.8, 4) is 5.75 Å². The molecule has 5 atom stereocenters. The third-order valence-corrected chi connectivity index (χ3v) is 5.50. The molecule has 3 unspecified atom stereocenters. The number of aliphatic hydroxyl groups excluding tert-OH is 4. The molecule has 0 spiro atoms. The molecule has 1 aliphatic heterocycles. The number of aliphatic hydroxyl groups is 4. The first-order chi connectivity index (χ1) is 15.6. The largest absolute Gasteiger partial charge is 0.460 e. The molecule has 11 nitrogen and oxygen atoms in total. The lowest BCUT2D eigenvalue weighted by Crippen LogP contribution is -2.60. The summed E-state index contributed by atoms with van der Waals surface area (Å²) in [4.78, 5) is 26.3. The van der Waals surface area contributed by atoms with Crippen LogP contribution in [0.25, 0.3) is 11.0 Å². The van der Waals surface area contributed by atoms with E-state index in [1.165, 1.54) is 18.2 Å². The number of carbonyl (C=O) groups excluding carboxylic acids is 1. The molecule has 2 heterocycles. The molecule has 1 aromatic carbocycles. The highest BCUT2D eigenvalue weighted by molar-refractivity contribution is 6.32. The van der Waals surface area contributed by atoms with Crippen LogP contribution in [0.2, 0.25) is 5.02 Å². The lowest BCUT2D eigenvalue weighted by atomic mass is 9.99. The first kappa shape index (κ1) is 25.4. The molecular formula is C21H27ClN2O9. The summed E-state index contributed by atoms with van der Waals surface area (Å²) in [6, 6.07) is 3.96. The first-order valence-corrected chi connectivity index (χ1v) is 10.6. The number of hydrogen-bond acceptors (Lipinski definition) is 10. The van der Waals surface area contributed by atoms with E-state index in [9.17, 15) is 30.0 Å². The number of nitrogens with one attached hydrogen (secondary N) is 1. The standard InChI is InChI=1S/C21H27ClN2O9/c1-24(2)4-3-23-16(26)5-10-6-17(27)31-13-8-14(12(22)7-11(10)13)32-21-20(30)19(29)18(28)15(9-25)33-21/h6-8,15,18-21,25,28-30H,3-5,9H2,1-2H3,(H,23,26)/t15?,18-,19?,20?,21-/m1/s1. The van der Waals surface area contributed by atoms with E-state index in [1.807, 2.05) is 19.0 Å². The summed E-state index contributed by atoms with van der Waals surface area (Å²) in [7, 11) is 3.77. The number of hydrogen-bond donors (Lipinski definition) is 5. The van der Waals surface area contributed by atoms with Gasteiger partial charge in [-0.1, -0.05) is 11.6 Å². The quantitative estimate of drug-likeness (QED) is 0.288. The van der Waals surface area contributed by atoms with E-state index < -0.39 is 42.9 Å². The van der Waals surface area contributed by atoms with Gasteiger partial charge in [0, 0.05) is 30.6 Å². The van der Waals surface area contributed by atoms with Gasteiger partial charge in [0.1, 0.15) is 35.7 Å². The monoisotopic (exact) mass is 486 g/mol. The van der Waals surface area contributed by atoms with Crippen LogP contribution in [0.3, 0.4) is 0 Å². The normalized spacial score (nSPS) is 25.4. The number of likely N-dealkylation sites (N-methyl/N-ethyl adjacent to an activating group) is 1. The second-order valence-corrected chi connectivity index (χ2v) is 8.42. The zero-order valence-corrected chi connectivity index (χ0v) is 18.9. The van der Waals surface area contributed by atoms with Gasteiger partial charge in [-0.05, 0) is 25.7 Å². The Morgan fingerprint density at radius 2 is 1.91 bits per heavy atom. The van der Waals surface area contributed by atoms with Crippen LogP contribution in [0.4, 0.5) is 0 Å².